The quantitative estimate of drug-likeness (QED) is 0.807. The van der Waals surface area contributed by atoms with Gasteiger partial charge in [-0.1, -0.05) is 12.1 Å². The average molecular weight is 260 g/mol. The number of halogens is 1. The number of carboxylic acids is 1. The molecule has 2 aromatic rings. The van der Waals surface area contributed by atoms with Crippen LogP contribution in [0.15, 0.2) is 35.1 Å². The summed E-state index contributed by atoms with van der Waals surface area (Å²) in [4.78, 5) is 23.2. The van der Waals surface area contributed by atoms with Gasteiger partial charge in [0.25, 0.3) is 5.56 Å². The normalized spacial score (nSPS) is 10.5. The molecule has 5 heteroatoms. The number of para-hydroxylation sites is 1. The summed E-state index contributed by atoms with van der Waals surface area (Å²) in [6, 6.07) is 7.20. The SMILES string of the molecule is Cc1cc(C)n(-c2ccccc2F)c(=O)c1C(=O)[O-]. The van der Waals surface area contributed by atoms with E-state index in [-0.39, 0.29) is 5.69 Å². The lowest BCUT2D eigenvalue weighted by atomic mass is 10.1. The summed E-state index contributed by atoms with van der Waals surface area (Å²) in [6.07, 6.45) is 0. The molecule has 0 bridgehead atoms. The van der Waals surface area contributed by atoms with Crippen molar-refractivity contribution in [1.29, 1.82) is 0 Å². The molecule has 0 unspecified atom stereocenters. The summed E-state index contributed by atoms with van der Waals surface area (Å²) in [6.45, 7) is 3.12. The van der Waals surface area contributed by atoms with Gasteiger partial charge < -0.3 is 9.90 Å². The standard InChI is InChI=1S/C14H12FNO3/c1-8-7-9(2)16(13(17)12(8)14(18)19)11-6-4-3-5-10(11)15/h3-7H,1-2H3,(H,18,19)/p-1. The first-order valence-electron chi connectivity index (χ1n) is 5.63. The van der Waals surface area contributed by atoms with E-state index in [0.717, 1.165) is 4.57 Å². The predicted octanol–water partition coefficient (Wildman–Crippen LogP) is 0.957. The van der Waals surface area contributed by atoms with Crippen molar-refractivity contribution in [1.82, 2.24) is 4.57 Å². The topological polar surface area (TPSA) is 62.1 Å². The summed E-state index contributed by atoms with van der Waals surface area (Å²) in [7, 11) is 0. The minimum absolute atomic E-state index is 0.0208. The van der Waals surface area contributed by atoms with E-state index in [4.69, 9.17) is 0 Å². The Balaban J connectivity index is 2.86. The van der Waals surface area contributed by atoms with Crippen molar-refractivity contribution in [3.63, 3.8) is 0 Å². The smallest absolute Gasteiger partial charge is 0.264 e. The van der Waals surface area contributed by atoms with Gasteiger partial charge in [-0.25, -0.2) is 4.39 Å². The number of rotatable bonds is 2. The Morgan fingerprint density at radius 2 is 1.89 bits per heavy atom. The lowest BCUT2D eigenvalue weighted by Gasteiger charge is -2.15. The van der Waals surface area contributed by atoms with Crippen LogP contribution >= 0.6 is 0 Å². The van der Waals surface area contributed by atoms with Crippen LogP contribution in [0, 0.1) is 19.7 Å². The molecule has 4 nitrogen and oxygen atoms in total. The predicted molar refractivity (Wildman–Crippen MR) is 65.8 cm³/mol. The fraction of sp³-hybridized carbons (Fsp3) is 0.143. The van der Waals surface area contributed by atoms with E-state index >= 15 is 0 Å². The second-order valence-electron chi connectivity index (χ2n) is 4.22. The fourth-order valence-corrected chi connectivity index (χ4v) is 2.07. The molecule has 0 aliphatic carbocycles. The molecule has 2 rings (SSSR count). The van der Waals surface area contributed by atoms with E-state index in [1.54, 1.807) is 13.0 Å². The third-order valence-corrected chi connectivity index (χ3v) is 2.89. The third-order valence-electron chi connectivity index (χ3n) is 2.89. The second-order valence-corrected chi connectivity index (χ2v) is 4.22. The molecule has 0 atom stereocenters. The number of hydrogen-bond donors (Lipinski definition) is 0. The number of pyridine rings is 1. The molecule has 0 N–H and O–H groups in total. The van der Waals surface area contributed by atoms with Crippen LogP contribution in [0.5, 0.6) is 0 Å². The van der Waals surface area contributed by atoms with Crippen LogP contribution in [-0.4, -0.2) is 10.5 Å². The lowest BCUT2D eigenvalue weighted by Crippen LogP contribution is -2.35. The second kappa shape index (κ2) is 4.68. The van der Waals surface area contributed by atoms with Crippen molar-refractivity contribution in [3.8, 4) is 5.69 Å². The maximum absolute atomic E-state index is 13.7. The number of nitrogens with zero attached hydrogens (tertiary/aromatic N) is 1. The van der Waals surface area contributed by atoms with E-state index < -0.39 is 22.9 Å². The molecule has 0 spiro atoms. The van der Waals surface area contributed by atoms with Crippen LogP contribution in [0.25, 0.3) is 5.69 Å². The van der Waals surface area contributed by atoms with E-state index in [0.29, 0.717) is 11.3 Å². The zero-order valence-corrected chi connectivity index (χ0v) is 10.4. The number of hydrogen-bond acceptors (Lipinski definition) is 3. The van der Waals surface area contributed by atoms with Crippen LogP contribution in [0.2, 0.25) is 0 Å². The Morgan fingerprint density at radius 3 is 2.47 bits per heavy atom. The first-order chi connectivity index (χ1) is 8.93. The highest BCUT2D eigenvalue weighted by molar-refractivity contribution is 5.87. The summed E-state index contributed by atoms with van der Waals surface area (Å²) in [5.74, 6) is -2.16. The molecule has 1 heterocycles. The minimum Gasteiger partial charge on any atom is -0.545 e. The molecule has 0 saturated heterocycles. The zero-order chi connectivity index (χ0) is 14.2. The van der Waals surface area contributed by atoms with Gasteiger partial charge in [0.05, 0.1) is 17.2 Å². The fourth-order valence-electron chi connectivity index (χ4n) is 2.07. The first-order valence-corrected chi connectivity index (χ1v) is 5.63. The Bertz CT molecular complexity index is 719. The van der Waals surface area contributed by atoms with Gasteiger partial charge in [0.2, 0.25) is 0 Å². The van der Waals surface area contributed by atoms with Crippen LogP contribution in [0.4, 0.5) is 4.39 Å². The first kappa shape index (κ1) is 13.0. The van der Waals surface area contributed by atoms with Crippen molar-refractivity contribution in [2.24, 2.45) is 0 Å². The van der Waals surface area contributed by atoms with Crippen LogP contribution < -0.4 is 10.7 Å². The maximum atomic E-state index is 13.7. The van der Waals surface area contributed by atoms with Crippen LogP contribution in [0.3, 0.4) is 0 Å². The Labute approximate surface area is 108 Å². The Morgan fingerprint density at radius 1 is 1.26 bits per heavy atom. The van der Waals surface area contributed by atoms with Gasteiger partial charge in [-0.05, 0) is 37.6 Å². The molecule has 98 valence electrons. The van der Waals surface area contributed by atoms with Crippen molar-refractivity contribution < 1.29 is 14.3 Å². The molecule has 19 heavy (non-hydrogen) atoms. The van der Waals surface area contributed by atoms with Crippen LogP contribution in [-0.2, 0) is 0 Å². The third kappa shape index (κ3) is 2.14. The molecular weight excluding hydrogens is 249 g/mol. The zero-order valence-electron chi connectivity index (χ0n) is 10.4. The lowest BCUT2D eigenvalue weighted by molar-refractivity contribution is -0.255. The van der Waals surface area contributed by atoms with Gasteiger partial charge in [0, 0.05) is 5.69 Å². The van der Waals surface area contributed by atoms with Crippen molar-refractivity contribution in [2.45, 2.75) is 13.8 Å². The Kier molecular flexibility index (Phi) is 3.21. The number of benzene rings is 1. The number of aryl methyl sites for hydroxylation is 2. The molecular formula is C14H11FNO3-. The molecule has 0 aliphatic rings. The summed E-state index contributed by atoms with van der Waals surface area (Å²) in [5, 5.41) is 11.0. The Hall–Kier alpha value is -2.43. The molecule has 0 radical (unpaired) electrons. The number of carbonyl (C=O) groups excluding carboxylic acids is 1. The molecule has 0 saturated carbocycles. The van der Waals surface area contributed by atoms with Crippen molar-refractivity contribution in [2.75, 3.05) is 0 Å². The van der Waals surface area contributed by atoms with Crippen molar-refractivity contribution >= 4 is 5.97 Å². The van der Waals surface area contributed by atoms with E-state index in [2.05, 4.69) is 0 Å². The van der Waals surface area contributed by atoms with Gasteiger partial charge in [-0.3, -0.25) is 9.36 Å². The number of aromatic carboxylic acids is 1. The molecule has 0 amide bonds. The monoisotopic (exact) mass is 260 g/mol. The minimum atomic E-state index is -1.56. The van der Waals surface area contributed by atoms with E-state index in [1.165, 1.54) is 31.2 Å². The van der Waals surface area contributed by atoms with E-state index in [1.807, 2.05) is 0 Å². The van der Waals surface area contributed by atoms with Gasteiger partial charge in [-0.15, -0.1) is 0 Å². The van der Waals surface area contributed by atoms with Gasteiger partial charge >= 0.3 is 0 Å². The molecule has 0 fully saturated rings. The molecule has 1 aromatic carbocycles. The molecule has 1 aromatic heterocycles. The summed E-state index contributed by atoms with van der Waals surface area (Å²) < 4.78 is 14.8. The largest absolute Gasteiger partial charge is 0.545 e. The van der Waals surface area contributed by atoms with E-state index in [9.17, 15) is 19.1 Å². The number of carbonyl (C=O) groups is 1. The number of carboxylic acid groups (broad SMARTS) is 1. The average Bonchev–Trinajstić information content (AvgIpc) is 2.30. The molecule has 0 aliphatic heterocycles. The van der Waals surface area contributed by atoms with Gasteiger partial charge in [-0.2, -0.15) is 0 Å². The highest BCUT2D eigenvalue weighted by atomic mass is 19.1. The number of aromatic nitrogens is 1. The maximum Gasteiger partial charge on any atom is 0.264 e. The highest BCUT2D eigenvalue weighted by Crippen LogP contribution is 2.15. The van der Waals surface area contributed by atoms with Gasteiger partial charge in [0.15, 0.2) is 0 Å². The summed E-state index contributed by atoms with van der Waals surface area (Å²) >= 11 is 0. The van der Waals surface area contributed by atoms with Gasteiger partial charge in [0.1, 0.15) is 5.82 Å². The van der Waals surface area contributed by atoms with Crippen LogP contribution in [0.1, 0.15) is 21.6 Å². The summed E-state index contributed by atoms with van der Waals surface area (Å²) in [5.41, 5.74) is -0.461. The van der Waals surface area contributed by atoms with Crippen molar-refractivity contribution in [3.05, 3.63) is 63.3 Å². The highest BCUT2D eigenvalue weighted by Gasteiger charge is 2.14.